The van der Waals surface area contributed by atoms with Gasteiger partial charge in [0, 0.05) is 20.8 Å². The highest BCUT2D eigenvalue weighted by atomic mass is 28.2. The van der Waals surface area contributed by atoms with Crippen LogP contribution in [0, 0.1) is 0 Å². The Morgan fingerprint density at radius 3 is 2.62 bits per heavy atom. The number of hydrogen-bond acceptors (Lipinski definition) is 3. The summed E-state index contributed by atoms with van der Waals surface area (Å²) in [5.41, 5.74) is 4.90. The van der Waals surface area contributed by atoms with E-state index in [1.54, 1.807) is 14.2 Å². The van der Waals surface area contributed by atoms with Crippen molar-refractivity contribution >= 4 is 15.6 Å². The van der Waals surface area contributed by atoms with E-state index < -0.39 is 6.03 Å². The third-order valence-corrected chi connectivity index (χ3v) is 3.74. The fourth-order valence-electron chi connectivity index (χ4n) is 0.980. The Morgan fingerprint density at radius 1 is 1.54 bits per heavy atom. The minimum atomic E-state index is -0.461. The summed E-state index contributed by atoms with van der Waals surface area (Å²) in [6, 6.07) is 0.615. The molecule has 0 aromatic rings. The number of amides is 2. The first kappa shape index (κ1) is 12.4. The van der Waals surface area contributed by atoms with Gasteiger partial charge in [0.15, 0.2) is 0 Å². The summed E-state index contributed by atoms with van der Waals surface area (Å²) in [4.78, 5) is 10.3. The molecule has 0 aliphatic carbocycles. The summed E-state index contributed by atoms with van der Waals surface area (Å²) in [6.45, 7) is 0.641. The van der Waals surface area contributed by atoms with Gasteiger partial charge in [-0.1, -0.05) is 6.04 Å². The van der Waals surface area contributed by atoms with Gasteiger partial charge >= 0.3 is 6.03 Å². The third-order valence-electron chi connectivity index (χ3n) is 1.69. The van der Waals surface area contributed by atoms with Crippen LogP contribution in [0.2, 0.25) is 6.04 Å². The molecule has 0 aliphatic rings. The summed E-state index contributed by atoms with van der Waals surface area (Å²) >= 11 is 0. The van der Waals surface area contributed by atoms with Gasteiger partial charge in [-0.2, -0.15) is 0 Å². The quantitative estimate of drug-likeness (QED) is 0.326. The van der Waals surface area contributed by atoms with Crippen molar-refractivity contribution in [3.63, 3.8) is 0 Å². The zero-order valence-corrected chi connectivity index (χ0v) is 9.62. The maximum absolute atomic E-state index is 10.3. The summed E-state index contributed by atoms with van der Waals surface area (Å²) < 4.78 is 10.1. The zero-order valence-electron chi connectivity index (χ0n) is 8.21. The van der Waals surface area contributed by atoms with Crippen molar-refractivity contribution in [2.24, 2.45) is 5.73 Å². The summed E-state index contributed by atoms with van der Waals surface area (Å²) in [6.07, 6.45) is 0.943. The maximum atomic E-state index is 10.3. The second kappa shape index (κ2) is 8.03. The topological polar surface area (TPSA) is 73.6 Å². The van der Waals surface area contributed by atoms with Crippen molar-refractivity contribution in [2.45, 2.75) is 18.4 Å². The van der Waals surface area contributed by atoms with Crippen molar-refractivity contribution in [1.29, 1.82) is 0 Å². The molecule has 0 radical (unpaired) electrons. The van der Waals surface area contributed by atoms with Gasteiger partial charge in [-0.05, 0) is 6.42 Å². The second-order valence-electron chi connectivity index (χ2n) is 2.69. The van der Waals surface area contributed by atoms with Gasteiger partial charge in [-0.15, -0.1) is 0 Å². The number of nitrogens with one attached hydrogen (secondary N) is 1. The zero-order chi connectivity index (χ0) is 10.1. The molecule has 2 amide bonds. The fraction of sp³-hybridized carbons (Fsp3) is 0.857. The fourth-order valence-corrected chi connectivity index (χ4v) is 2.32. The van der Waals surface area contributed by atoms with Gasteiger partial charge in [0.1, 0.15) is 5.91 Å². The van der Waals surface area contributed by atoms with Crippen molar-refractivity contribution in [3.05, 3.63) is 0 Å². The number of carbonyl (C=O) groups is 1. The summed E-state index contributed by atoms with van der Waals surface area (Å²) in [7, 11) is 2.93. The largest absolute Gasteiger partial charge is 0.360 e. The normalized spacial score (nSPS) is 11.3. The standard InChI is InChI=1S/C7H18N2O3Si/c1-11-7(12-2)13-5-3-4-9-6(8)10/h7H,3-5,13H2,1-2H3,(H3,8,9,10). The highest BCUT2D eigenvalue weighted by Gasteiger charge is 2.04. The Morgan fingerprint density at radius 2 is 2.15 bits per heavy atom. The van der Waals surface area contributed by atoms with Crippen LogP contribution in [0.3, 0.4) is 0 Å². The SMILES string of the molecule is COC(OC)[SiH2]CCCNC(N)=O. The molecule has 0 unspecified atom stereocenters. The van der Waals surface area contributed by atoms with Gasteiger partial charge in [0.25, 0.3) is 0 Å². The molecule has 0 rings (SSSR count). The smallest absolute Gasteiger partial charge is 0.312 e. The van der Waals surface area contributed by atoms with Crippen LogP contribution < -0.4 is 11.1 Å². The van der Waals surface area contributed by atoms with Crippen LogP contribution in [0.5, 0.6) is 0 Å². The lowest BCUT2D eigenvalue weighted by molar-refractivity contribution is -0.0441. The van der Waals surface area contributed by atoms with E-state index in [0.29, 0.717) is 6.54 Å². The van der Waals surface area contributed by atoms with Crippen LogP contribution in [-0.4, -0.2) is 42.2 Å². The van der Waals surface area contributed by atoms with Crippen molar-refractivity contribution in [1.82, 2.24) is 5.32 Å². The Kier molecular flexibility index (Phi) is 7.66. The molecule has 5 nitrogen and oxygen atoms in total. The van der Waals surface area contributed by atoms with Gasteiger partial charge in [0.05, 0.1) is 9.52 Å². The second-order valence-corrected chi connectivity index (χ2v) is 4.64. The van der Waals surface area contributed by atoms with Crippen molar-refractivity contribution < 1.29 is 14.3 Å². The van der Waals surface area contributed by atoms with Gasteiger partial charge in [-0.25, -0.2) is 4.79 Å². The van der Waals surface area contributed by atoms with Crippen LogP contribution in [0.4, 0.5) is 4.79 Å². The van der Waals surface area contributed by atoms with Gasteiger partial charge < -0.3 is 20.5 Å². The lowest BCUT2D eigenvalue weighted by Gasteiger charge is -2.11. The highest BCUT2D eigenvalue weighted by Crippen LogP contribution is 1.94. The molecule has 3 N–H and O–H groups in total. The lowest BCUT2D eigenvalue weighted by Crippen LogP contribution is -2.30. The minimum Gasteiger partial charge on any atom is -0.360 e. The molecule has 0 saturated heterocycles. The Labute approximate surface area is 80.8 Å². The van der Waals surface area contributed by atoms with Crippen LogP contribution in [-0.2, 0) is 9.47 Å². The first-order valence-electron chi connectivity index (χ1n) is 4.29. The number of methoxy groups -OCH3 is 2. The summed E-state index contributed by atoms with van der Waals surface area (Å²) in [5, 5.41) is 2.53. The van der Waals surface area contributed by atoms with Crippen molar-refractivity contribution in [2.75, 3.05) is 20.8 Å². The molecule has 0 spiro atoms. The monoisotopic (exact) mass is 206 g/mol. The molecule has 0 aromatic carbocycles. The number of rotatable bonds is 7. The molecular formula is C7H18N2O3Si. The van der Waals surface area contributed by atoms with Crippen LogP contribution >= 0.6 is 0 Å². The molecule has 0 aliphatic heterocycles. The number of ether oxygens (including phenoxy) is 2. The number of nitrogens with two attached hydrogens (primary N) is 1. The average Bonchev–Trinajstić information content (AvgIpc) is 2.11. The maximum Gasteiger partial charge on any atom is 0.312 e. The third kappa shape index (κ3) is 7.76. The summed E-state index contributed by atoms with van der Waals surface area (Å²) in [5.74, 6) is -0.00595. The van der Waals surface area contributed by atoms with Crippen LogP contribution in [0.15, 0.2) is 0 Å². The molecule has 0 heterocycles. The van der Waals surface area contributed by atoms with E-state index >= 15 is 0 Å². The average molecular weight is 206 g/mol. The number of urea groups is 1. The highest BCUT2D eigenvalue weighted by molar-refractivity contribution is 6.36. The minimum absolute atomic E-state index is 0.00595. The first-order valence-corrected chi connectivity index (χ1v) is 6.11. The van der Waals surface area contributed by atoms with Crippen molar-refractivity contribution in [3.8, 4) is 0 Å². The molecule has 13 heavy (non-hydrogen) atoms. The molecule has 78 valence electrons. The molecule has 0 atom stereocenters. The Bertz CT molecular complexity index is 142. The number of primary amides is 1. The van der Waals surface area contributed by atoms with E-state index in [9.17, 15) is 4.79 Å². The Balaban J connectivity index is 3.19. The van der Waals surface area contributed by atoms with E-state index in [4.69, 9.17) is 15.2 Å². The molecular weight excluding hydrogens is 188 g/mol. The van der Waals surface area contributed by atoms with Gasteiger partial charge in [-0.3, -0.25) is 0 Å². The van der Waals surface area contributed by atoms with E-state index in [-0.39, 0.29) is 15.4 Å². The van der Waals surface area contributed by atoms with E-state index in [1.807, 2.05) is 0 Å². The van der Waals surface area contributed by atoms with Crippen LogP contribution in [0.1, 0.15) is 6.42 Å². The molecule has 6 heteroatoms. The van der Waals surface area contributed by atoms with E-state index in [0.717, 1.165) is 12.5 Å². The predicted molar refractivity (Wildman–Crippen MR) is 53.4 cm³/mol. The molecule has 0 aromatic heterocycles. The first-order chi connectivity index (χ1) is 6.20. The van der Waals surface area contributed by atoms with E-state index in [1.165, 1.54) is 0 Å². The number of carbonyl (C=O) groups excluding carboxylic acids is 1. The van der Waals surface area contributed by atoms with Crippen LogP contribution in [0.25, 0.3) is 0 Å². The Hall–Kier alpha value is -0.593. The lowest BCUT2D eigenvalue weighted by atomic mass is 10.5. The van der Waals surface area contributed by atoms with Gasteiger partial charge in [0.2, 0.25) is 0 Å². The molecule has 0 bridgehead atoms. The molecule has 0 fully saturated rings. The molecule has 0 saturated carbocycles. The van der Waals surface area contributed by atoms with E-state index in [2.05, 4.69) is 5.32 Å². The number of hydrogen-bond donors (Lipinski definition) is 2. The predicted octanol–water partition coefficient (Wildman–Crippen LogP) is -0.792.